The van der Waals surface area contributed by atoms with Crippen LogP contribution in [0.4, 0.5) is 5.69 Å². The molecule has 1 aliphatic heterocycles. The van der Waals surface area contributed by atoms with Crippen LogP contribution in [0, 0.1) is 6.92 Å². The predicted octanol–water partition coefficient (Wildman–Crippen LogP) is 2.84. The van der Waals surface area contributed by atoms with Crippen molar-refractivity contribution >= 4 is 42.8 Å². The number of thiazole rings is 1. The number of rotatable bonds is 6. The van der Waals surface area contributed by atoms with E-state index >= 15 is 0 Å². The average molecular weight is 492 g/mol. The lowest BCUT2D eigenvalue weighted by Gasteiger charge is -2.12. The molecule has 1 amide bonds. The van der Waals surface area contributed by atoms with Crippen molar-refractivity contribution in [1.82, 2.24) is 9.71 Å². The van der Waals surface area contributed by atoms with E-state index in [1.54, 1.807) is 0 Å². The molecule has 2 heterocycles. The Morgan fingerprint density at radius 3 is 2.41 bits per heavy atom. The Hall–Kier alpha value is -2.60. The van der Waals surface area contributed by atoms with Crippen LogP contribution in [0.15, 0.2) is 59.5 Å². The molecule has 0 radical (unpaired) electrons. The first-order valence-corrected chi connectivity index (χ1v) is 13.9. The van der Waals surface area contributed by atoms with E-state index in [2.05, 4.69) is 15.0 Å². The van der Waals surface area contributed by atoms with Gasteiger partial charge in [-0.05, 0) is 37.6 Å². The van der Waals surface area contributed by atoms with Crippen molar-refractivity contribution in [2.45, 2.75) is 24.3 Å². The molecule has 0 bridgehead atoms. The summed E-state index contributed by atoms with van der Waals surface area (Å²) in [5.41, 5.74) is 1.87. The van der Waals surface area contributed by atoms with Crippen LogP contribution >= 0.6 is 11.3 Å². The highest BCUT2D eigenvalue weighted by atomic mass is 32.2. The Bertz CT molecular complexity index is 1350. The van der Waals surface area contributed by atoms with Crippen molar-refractivity contribution in [2.75, 3.05) is 16.8 Å². The van der Waals surface area contributed by atoms with Gasteiger partial charge in [0.15, 0.2) is 9.84 Å². The Morgan fingerprint density at radius 1 is 1.09 bits per heavy atom. The molecule has 0 spiro atoms. The van der Waals surface area contributed by atoms with Crippen LogP contribution in [0.5, 0.6) is 0 Å². The van der Waals surface area contributed by atoms with Gasteiger partial charge in [0.1, 0.15) is 4.88 Å². The van der Waals surface area contributed by atoms with Crippen molar-refractivity contribution < 1.29 is 21.6 Å². The van der Waals surface area contributed by atoms with Gasteiger partial charge in [-0.15, -0.1) is 11.3 Å². The second-order valence-electron chi connectivity index (χ2n) is 7.48. The third-order valence-electron chi connectivity index (χ3n) is 4.96. The summed E-state index contributed by atoms with van der Waals surface area (Å²) >= 11 is 1.28. The number of aryl methyl sites for hydroxylation is 1. The molecule has 11 heteroatoms. The zero-order chi connectivity index (χ0) is 22.9. The van der Waals surface area contributed by atoms with Crippen LogP contribution in [0.1, 0.15) is 21.1 Å². The maximum atomic E-state index is 12.9. The number of nitrogens with zero attached hydrogens (tertiary/aromatic N) is 1. The monoisotopic (exact) mass is 491 g/mol. The Kier molecular flexibility index (Phi) is 6.17. The van der Waals surface area contributed by atoms with Crippen molar-refractivity contribution in [2.24, 2.45) is 0 Å². The van der Waals surface area contributed by atoms with E-state index in [9.17, 15) is 21.6 Å². The molecule has 1 atom stereocenters. The SMILES string of the molecule is Cc1nc(-c2ccccc2)c(C(=O)Nc2ccc(S(=O)(=O)NC3CCS(=O)(=O)C3)cc2)s1. The van der Waals surface area contributed by atoms with Gasteiger partial charge < -0.3 is 5.32 Å². The van der Waals surface area contributed by atoms with Crippen LogP contribution in [0.25, 0.3) is 11.3 Å². The van der Waals surface area contributed by atoms with Crippen molar-refractivity contribution in [3.8, 4) is 11.3 Å². The van der Waals surface area contributed by atoms with Crippen LogP contribution in [-0.2, 0) is 19.9 Å². The molecule has 3 aromatic rings. The normalized spacial score (nSPS) is 17.8. The number of aromatic nitrogens is 1. The zero-order valence-electron chi connectivity index (χ0n) is 17.1. The third-order valence-corrected chi connectivity index (χ3v) is 9.24. The lowest BCUT2D eigenvalue weighted by Crippen LogP contribution is -2.35. The van der Waals surface area contributed by atoms with Crippen LogP contribution in [-0.4, -0.2) is 45.3 Å². The Labute approximate surface area is 190 Å². The van der Waals surface area contributed by atoms with E-state index in [1.165, 1.54) is 35.6 Å². The third kappa shape index (κ3) is 5.07. The van der Waals surface area contributed by atoms with Crippen molar-refractivity contribution in [3.05, 3.63) is 64.5 Å². The van der Waals surface area contributed by atoms with E-state index in [4.69, 9.17) is 0 Å². The fraction of sp³-hybridized carbons (Fsp3) is 0.238. The largest absolute Gasteiger partial charge is 0.321 e. The topological polar surface area (TPSA) is 122 Å². The molecule has 2 N–H and O–H groups in total. The van der Waals surface area contributed by atoms with Crippen molar-refractivity contribution in [3.63, 3.8) is 0 Å². The molecule has 1 unspecified atom stereocenters. The molecule has 8 nitrogen and oxygen atoms in total. The van der Waals surface area contributed by atoms with Crippen molar-refractivity contribution in [1.29, 1.82) is 0 Å². The lowest BCUT2D eigenvalue weighted by molar-refractivity contribution is 0.103. The van der Waals surface area contributed by atoms with E-state index in [0.717, 1.165) is 10.6 Å². The minimum Gasteiger partial charge on any atom is -0.321 e. The number of sulfonamides is 1. The van der Waals surface area contributed by atoms with E-state index in [1.807, 2.05) is 37.3 Å². The summed E-state index contributed by atoms with van der Waals surface area (Å²) in [6.45, 7) is 1.83. The summed E-state index contributed by atoms with van der Waals surface area (Å²) < 4.78 is 50.7. The highest BCUT2D eigenvalue weighted by Crippen LogP contribution is 2.29. The quantitative estimate of drug-likeness (QED) is 0.547. The molecule has 168 valence electrons. The summed E-state index contributed by atoms with van der Waals surface area (Å²) in [5, 5.41) is 3.54. The second kappa shape index (κ2) is 8.74. The summed E-state index contributed by atoms with van der Waals surface area (Å²) in [6, 6.07) is 14.5. The van der Waals surface area contributed by atoms with E-state index in [-0.39, 0.29) is 28.7 Å². The molecule has 1 aliphatic rings. The van der Waals surface area contributed by atoms with E-state index in [0.29, 0.717) is 16.3 Å². The number of carbonyl (C=O) groups excluding carboxylic acids is 1. The molecule has 0 saturated carbocycles. The number of hydrogen-bond donors (Lipinski definition) is 2. The molecule has 2 aromatic carbocycles. The molecule has 1 aromatic heterocycles. The first-order chi connectivity index (χ1) is 15.1. The molecular formula is C21H21N3O5S3. The second-order valence-corrected chi connectivity index (χ2v) is 12.6. The Balaban J connectivity index is 1.48. The van der Waals surface area contributed by atoms with Crippen LogP contribution in [0.2, 0.25) is 0 Å². The number of anilines is 1. The number of nitrogens with one attached hydrogen (secondary N) is 2. The number of carbonyl (C=O) groups is 1. The van der Waals surface area contributed by atoms with Crippen LogP contribution in [0.3, 0.4) is 0 Å². The van der Waals surface area contributed by atoms with Gasteiger partial charge >= 0.3 is 0 Å². The highest BCUT2D eigenvalue weighted by molar-refractivity contribution is 7.92. The fourth-order valence-electron chi connectivity index (χ4n) is 3.45. The van der Waals surface area contributed by atoms with E-state index < -0.39 is 25.9 Å². The smallest absolute Gasteiger partial charge is 0.268 e. The van der Waals surface area contributed by atoms with Crippen LogP contribution < -0.4 is 10.0 Å². The lowest BCUT2D eigenvalue weighted by atomic mass is 10.1. The molecule has 0 aliphatic carbocycles. The minimum atomic E-state index is -3.87. The molecular weight excluding hydrogens is 470 g/mol. The fourth-order valence-corrected chi connectivity index (χ4v) is 7.34. The van der Waals surface area contributed by atoms with Gasteiger partial charge in [-0.3, -0.25) is 4.79 Å². The number of sulfone groups is 1. The molecule has 1 saturated heterocycles. The maximum absolute atomic E-state index is 12.9. The molecule has 1 fully saturated rings. The zero-order valence-corrected chi connectivity index (χ0v) is 19.6. The maximum Gasteiger partial charge on any atom is 0.268 e. The first kappa shape index (κ1) is 22.6. The molecule has 32 heavy (non-hydrogen) atoms. The number of amides is 1. The van der Waals surface area contributed by atoms with Gasteiger partial charge in [-0.2, -0.15) is 0 Å². The summed E-state index contributed by atoms with van der Waals surface area (Å²) in [6.07, 6.45) is 0.258. The summed E-state index contributed by atoms with van der Waals surface area (Å²) in [5.74, 6) is -0.551. The van der Waals surface area contributed by atoms with Gasteiger partial charge in [0.25, 0.3) is 5.91 Å². The van der Waals surface area contributed by atoms with Gasteiger partial charge in [-0.25, -0.2) is 26.5 Å². The van der Waals surface area contributed by atoms with Gasteiger partial charge in [0, 0.05) is 17.3 Å². The standard InChI is InChI=1S/C21H21N3O5S3/c1-14-22-19(15-5-3-2-4-6-15)20(30-14)21(25)23-16-7-9-18(10-8-16)32(28,29)24-17-11-12-31(26,27)13-17/h2-10,17,24H,11-13H2,1H3,(H,23,25). The summed E-state index contributed by atoms with van der Waals surface area (Å²) in [7, 11) is -7.06. The minimum absolute atomic E-state index is 0.00148. The average Bonchev–Trinajstić information content (AvgIpc) is 3.30. The predicted molar refractivity (Wildman–Crippen MR) is 124 cm³/mol. The highest BCUT2D eigenvalue weighted by Gasteiger charge is 2.31. The summed E-state index contributed by atoms with van der Waals surface area (Å²) in [4.78, 5) is 17.8. The number of hydrogen-bond acceptors (Lipinski definition) is 7. The Morgan fingerprint density at radius 2 is 1.78 bits per heavy atom. The molecule has 4 rings (SSSR count). The van der Waals surface area contributed by atoms with Gasteiger partial charge in [0.05, 0.1) is 27.1 Å². The first-order valence-electron chi connectivity index (χ1n) is 9.80. The van der Waals surface area contributed by atoms with Gasteiger partial charge in [0.2, 0.25) is 10.0 Å². The number of benzene rings is 2. The van der Waals surface area contributed by atoms with Gasteiger partial charge in [-0.1, -0.05) is 30.3 Å².